The number of guanidine groups is 1. The number of carbonyl (C=O) groups is 1. The summed E-state index contributed by atoms with van der Waals surface area (Å²) >= 11 is 0. The second-order valence-corrected chi connectivity index (χ2v) is 9.06. The molecule has 1 atom stereocenters. The van der Waals surface area contributed by atoms with Crippen molar-refractivity contribution in [2.45, 2.75) is 38.4 Å². The Hall–Kier alpha value is -4.28. The first-order valence-corrected chi connectivity index (χ1v) is 12.1. The van der Waals surface area contributed by atoms with E-state index in [9.17, 15) is 31.1 Å². The molecule has 0 saturated heterocycles. The van der Waals surface area contributed by atoms with Gasteiger partial charge in [-0.25, -0.2) is 9.79 Å². The van der Waals surface area contributed by atoms with Crippen LogP contribution in [0, 0.1) is 0 Å². The Labute approximate surface area is 226 Å². The molecule has 0 spiro atoms. The molecule has 0 aromatic heterocycles. The van der Waals surface area contributed by atoms with Crippen LogP contribution >= 0.6 is 0 Å². The Morgan fingerprint density at radius 1 is 0.925 bits per heavy atom. The number of ether oxygens (including phenoxy) is 1. The minimum Gasteiger partial charge on any atom is -0.466 e. The molecule has 0 aliphatic carbocycles. The molecule has 0 radical (unpaired) electrons. The van der Waals surface area contributed by atoms with Crippen molar-refractivity contribution in [3.05, 3.63) is 118 Å². The average molecular weight is 562 g/mol. The smallest absolute Gasteiger partial charge is 0.416 e. The molecular weight excluding hydrogens is 536 g/mol. The molecule has 1 N–H and O–H groups in total. The van der Waals surface area contributed by atoms with Crippen molar-refractivity contribution >= 4 is 11.9 Å². The first-order chi connectivity index (χ1) is 18.9. The Bertz CT molecular complexity index is 1430. The predicted octanol–water partition coefficient (Wildman–Crippen LogP) is 6.87. The fourth-order valence-corrected chi connectivity index (χ4v) is 4.51. The third-order valence-electron chi connectivity index (χ3n) is 6.47. The molecule has 5 nitrogen and oxygen atoms in total. The van der Waals surface area contributed by atoms with Gasteiger partial charge in [0.25, 0.3) is 0 Å². The van der Waals surface area contributed by atoms with Gasteiger partial charge in [-0.05, 0) is 41.8 Å². The molecule has 1 aliphatic heterocycles. The summed E-state index contributed by atoms with van der Waals surface area (Å²) in [6.45, 7) is 1.04. The average Bonchev–Trinajstić information content (AvgIpc) is 2.92. The van der Waals surface area contributed by atoms with Crippen molar-refractivity contribution in [2.24, 2.45) is 4.99 Å². The number of methoxy groups -OCH3 is 1. The second-order valence-electron chi connectivity index (χ2n) is 9.06. The molecule has 0 fully saturated rings. The maximum atomic E-state index is 13.8. The first kappa shape index (κ1) is 28.7. The SMILES string of the molecule is COC(=O)C1=C(C)N(Cc2ccccc2C(F)(F)F)C(=NCc2cccc(C(F)(F)F)c2)NC1c1ccccc1. The minimum absolute atomic E-state index is 0.0784. The third kappa shape index (κ3) is 6.30. The Kier molecular flexibility index (Phi) is 8.22. The number of halogens is 6. The Balaban J connectivity index is 1.83. The van der Waals surface area contributed by atoms with E-state index in [1.807, 2.05) is 0 Å². The number of hydrogen-bond donors (Lipinski definition) is 1. The van der Waals surface area contributed by atoms with E-state index in [0.717, 1.165) is 18.2 Å². The van der Waals surface area contributed by atoms with Crippen LogP contribution in [0.4, 0.5) is 26.3 Å². The highest BCUT2D eigenvalue weighted by atomic mass is 19.4. The number of esters is 1. The van der Waals surface area contributed by atoms with Gasteiger partial charge < -0.3 is 15.0 Å². The molecule has 210 valence electrons. The summed E-state index contributed by atoms with van der Waals surface area (Å²) < 4.78 is 86.1. The summed E-state index contributed by atoms with van der Waals surface area (Å²) in [6.07, 6.45) is -9.18. The number of rotatable bonds is 6. The molecule has 4 rings (SSSR count). The van der Waals surface area contributed by atoms with Gasteiger partial charge in [-0.2, -0.15) is 26.3 Å². The second kappa shape index (κ2) is 11.4. The van der Waals surface area contributed by atoms with Gasteiger partial charge in [0, 0.05) is 5.70 Å². The normalized spacial score (nSPS) is 17.1. The molecule has 1 heterocycles. The maximum absolute atomic E-state index is 13.8. The van der Waals surface area contributed by atoms with Gasteiger partial charge in [0.1, 0.15) is 0 Å². The number of hydrogen-bond acceptors (Lipinski definition) is 3. The highest BCUT2D eigenvalue weighted by molar-refractivity contribution is 5.96. The monoisotopic (exact) mass is 561 g/mol. The number of benzene rings is 3. The fraction of sp³-hybridized carbons (Fsp3) is 0.241. The van der Waals surface area contributed by atoms with Gasteiger partial charge in [-0.3, -0.25) is 0 Å². The van der Waals surface area contributed by atoms with E-state index >= 15 is 0 Å². The number of aliphatic imine (C=N–C) groups is 1. The van der Waals surface area contributed by atoms with Gasteiger partial charge in [-0.1, -0.05) is 60.7 Å². The summed E-state index contributed by atoms with van der Waals surface area (Å²) in [6, 6.07) is 17.7. The van der Waals surface area contributed by atoms with E-state index < -0.39 is 35.5 Å². The lowest BCUT2D eigenvalue weighted by molar-refractivity contribution is -0.139. The topological polar surface area (TPSA) is 53.9 Å². The Morgan fingerprint density at radius 2 is 1.60 bits per heavy atom. The van der Waals surface area contributed by atoms with Crippen LogP contribution in [0.25, 0.3) is 0 Å². The Morgan fingerprint density at radius 3 is 2.25 bits per heavy atom. The zero-order chi connectivity index (χ0) is 29.1. The van der Waals surface area contributed by atoms with E-state index in [1.54, 1.807) is 37.3 Å². The molecular formula is C29H25F6N3O2. The van der Waals surface area contributed by atoms with Crippen molar-refractivity contribution in [1.82, 2.24) is 10.2 Å². The molecule has 3 aromatic rings. The third-order valence-corrected chi connectivity index (χ3v) is 6.47. The predicted molar refractivity (Wildman–Crippen MR) is 137 cm³/mol. The van der Waals surface area contributed by atoms with Crippen LogP contribution in [0.15, 0.2) is 95.1 Å². The largest absolute Gasteiger partial charge is 0.466 e. The van der Waals surface area contributed by atoms with Crippen LogP contribution in [-0.4, -0.2) is 23.9 Å². The van der Waals surface area contributed by atoms with Gasteiger partial charge in [0.05, 0.1) is 42.9 Å². The number of alkyl halides is 6. The summed E-state index contributed by atoms with van der Waals surface area (Å²) in [7, 11) is 1.20. The van der Waals surface area contributed by atoms with E-state index in [1.165, 1.54) is 42.3 Å². The van der Waals surface area contributed by atoms with Crippen molar-refractivity contribution in [3.8, 4) is 0 Å². The first-order valence-electron chi connectivity index (χ1n) is 12.1. The van der Waals surface area contributed by atoms with Gasteiger partial charge in [0.15, 0.2) is 5.96 Å². The van der Waals surface area contributed by atoms with E-state index in [-0.39, 0.29) is 35.7 Å². The maximum Gasteiger partial charge on any atom is 0.416 e. The quantitative estimate of drug-likeness (QED) is 0.264. The van der Waals surface area contributed by atoms with Crippen LogP contribution < -0.4 is 5.32 Å². The van der Waals surface area contributed by atoms with Gasteiger partial charge in [-0.15, -0.1) is 0 Å². The number of nitrogens with one attached hydrogen (secondary N) is 1. The van der Waals surface area contributed by atoms with Gasteiger partial charge in [0.2, 0.25) is 0 Å². The van der Waals surface area contributed by atoms with Crippen molar-refractivity contribution in [3.63, 3.8) is 0 Å². The van der Waals surface area contributed by atoms with Crippen LogP contribution in [0.2, 0.25) is 0 Å². The summed E-state index contributed by atoms with van der Waals surface area (Å²) in [4.78, 5) is 18.8. The molecule has 11 heteroatoms. The van der Waals surface area contributed by atoms with E-state index in [0.29, 0.717) is 11.3 Å². The van der Waals surface area contributed by atoms with Crippen molar-refractivity contribution < 1.29 is 35.9 Å². The fourth-order valence-electron chi connectivity index (χ4n) is 4.51. The van der Waals surface area contributed by atoms with Crippen molar-refractivity contribution in [1.29, 1.82) is 0 Å². The molecule has 3 aromatic carbocycles. The molecule has 0 saturated carbocycles. The summed E-state index contributed by atoms with van der Waals surface area (Å²) in [5.41, 5.74) is -0.421. The lowest BCUT2D eigenvalue weighted by Gasteiger charge is -2.38. The molecule has 1 aliphatic rings. The zero-order valence-corrected chi connectivity index (χ0v) is 21.5. The summed E-state index contributed by atoms with van der Waals surface area (Å²) in [5, 5.41) is 3.12. The number of allylic oxidation sites excluding steroid dienone is 1. The van der Waals surface area contributed by atoms with Crippen LogP contribution in [0.1, 0.15) is 40.8 Å². The molecule has 0 amide bonds. The summed E-state index contributed by atoms with van der Waals surface area (Å²) in [5.74, 6) is -0.599. The zero-order valence-electron chi connectivity index (χ0n) is 21.5. The highest BCUT2D eigenvalue weighted by Gasteiger charge is 2.38. The number of carbonyl (C=O) groups excluding carboxylic acids is 1. The van der Waals surface area contributed by atoms with Crippen LogP contribution in [-0.2, 0) is 35.0 Å². The highest BCUT2D eigenvalue weighted by Crippen LogP contribution is 2.36. The lowest BCUT2D eigenvalue weighted by Crippen LogP contribution is -2.48. The van der Waals surface area contributed by atoms with Gasteiger partial charge >= 0.3 is 18.3 Å². The molecule has 0 bridgehead atoms. The molecule has 1 unspecified atom stereocenters. The van der Waals surface area contributed by atoms with Crippen molar-refractivity contribution in [2.75, 3.05) is 7.11 Å². The van der Waals surface area contributed by atoms with Crippen LogP contribution in [0.3, 0.4) is 0 Å². The minimum atomic E-state index is -4.63. The molecule has 40 heavy (non-hydrogen) atoms. The standard InChI is InChI=1S/C29H25F6N3O2/c1-18-24(26(39)40-2)25(20-10-4-3-5-11-20)37-27(36-16-19-9-8-13-22(15-19)28(30,31)32)38(18)17-21-12-6-7-14-23(21)29(33,34)35/h3-15,25H,16-17H2,1-2H3,(H,36,37). The number of nitrogens with zero attached hydrogens (tertiary/aromatic N) is 2. The van der Waals surface area contributed by atoms with E-state index in [2.05, 4.69) is 10.3 Å². The van der Waals surface area contributed by atoms with E-state index in [4.69, 9.17) is 4.74 Å². The lowest BCUT2D eigenvalue weighted by atomic mass is 9.94. The van der Waals surface area contributed by atoms with Crippen LogP contribution in [0.5, 0.6) is 0 Å².